The van der Waals surface area contributed by atoms with Gasteiger partial charge in [-0.3, -0.25) is 4.68 Å². The van der Waals surface area contributed by atoms with Crippen molar-refractivity contribution in [2.24, 2.45) is 5.73 Å². The monoisotopic (exact) mass is 243 g/mol. The third-order valence-electron chi connectivity index (χ3n) is 3.12. The first kappa shape index (κ1) is 12.8. The van der Waals surface area contributed by atoms with E-state index in [1.165, 1.54) is 5.56 Å². The Morgan fingerprint density at radius 1 is 1.28 bits per heavy atom. The molecule has 18 heavy (non-hydrogen) atoms. The van der Waals surface area contributed by atoms with Crippen molar-refractivity contribution < 1.29 is 0 Å². The molecule has 3 nitrogen and oxygen atoms in total. The molecule has 0 spiro atoms. The zero-order valence-corrected chi connectivity index (χ0v) is 10.9. The van der Waals surface area contributed by atoms with E-state index in [2.05, 4.69) is 42.5 Å². The van der Waals surface area contributed by atoms with Gasteiger partial charge in [0.05, 0.1) is 6.20 Å². The van der Waals surface area contributed by atoms with Crippen LogP contribution < -0.4 is 5.73 Å². The van der Waals surface area contributed by atoms with Gasteiger partial charge in [-0.05, 0) is 24.8 Å². The van der Waals surface area contributed by atoms with Gasteiger partial charge in [-0.2, -0.15) is 5.10 Å². The lowest BCUT2D eigenvalue weighted by Gasteiger charge is -2.09. The Balaban J connectivity index is 1.89. The molecule has 0 radical (unpaired) electrons. The number of aryl methyl sites for hydroxylation is 2. The quantitative estimate of drug-likeness (QED) is 0.847. The molecule has 1 aromatic heterocycles. The van der Waals surface area contributed by atoms with Gasteiger partial charge < -0.3 is 5.73 Å². The summed E-state index contributed by atoms with van der Waals surface area (Å²) in [6, 6.07) is 10.6. The predicted octanol–water partition coefficient (Wildman–Crippen LogP) is 2.93. The molecule has 2 rings (SSSR count). The Bertz CT molecular complexity index is 462. The zero-order chi connectivity index (χ0) is 12.8. The fraction of sp³-hybridized carbons (Fsp3) is 0.400. The highest BCUT2D eigenvalue weighted by molar-refractivity contribution is 5.16. The van der Waals surface area contributed by atoms with E-state index in [9.17, 15) is 0 Å². The predicted molar refractivity (Wildman–Crippen MR) is 74.2 cm³/mol. The molecule has 1 aromatic carbocycles. The highest BCUT2D eigenvalue weighted by Crippen LogP contribution is 2.16. The second kappa shape index (κ2) is 6.36. The molecule has 1 heterocycles. The van der Waals surface area contributed by atoms with Gasteiger partial charge >= 0.3 is 0 Å². The van der Waals surface area contributed by atoms with Crippen molar-refractivity contribution in [1.82, 2.24) is 9.78 Å². The van der Waals surface area contributed by atoms with E-state index in [0.717, 1.165) is 31.4 Å². The molecule has 0 amide bonds. The van der Waals surface area contributed by atoms with Gasteiger partial charge in [0.15, 0.2) is 0 Å². The lowest BCUT2D eigenvalue weighted by atomic mass is 10.0. The van der Waals surface area contributed by atoms with Crippen LogP contribution in [0.4, 0.5) is 0 Å². The molecular weight excluding hydrogens is 222 g/mol. The second-order valence-electron chi connectivity index (χ2n) is 4.67. The van der Waals surface area contributed by atoms with E-state index in [0.29, 0.717) is 0 Å². The number of nitrogens with zero attached hydrogens (tertiary/aromatic N) is 2. The summed E-state index contributed by atoms with van der Waals surface area (Å²) in [6.45, 7) is 3.11. The van der Waals surface area contributed by atoms with Gasteiger partial charge in [0.25, 0.3) is 0 Å². The summed E-state index contributed by atoms with van der Waals surface area (Å²) in [5, 5.41) is 4.32. The molecule has 2 aromatic rings. The fourth-order valence-corrected chi connectivity index (χ4v) is 2.06. The van der Waals surface area contributed by atoms with Crippen LogP contribution in [0.5, 0.6) is 0 Å². The van der Waals surface area contributed by atoms with Crippen molar-refractivity contribution in [2.75, 3.05) is 0 Å². The largest absolute Gasteiger partial charge is 0.324 e. The van der Waals surface area contributed by atoms with Crippen molar-refractivity contribution >= 4 is 0 Å². The third kappa shape index (κ3) is 3.44. The lowest BCUT2D eigenvalue weighted by molar-refractivity contribution is 0.599. The van der Waals surface area contributed by atoms with E-state index in [-0.39, 0.29) is 6.04 Å². The Morgan fingerprint density at radius 2 is 2.06 bits per heavy atom. The van der Waals surface area contributed by atoms with Gasteiger partial charge in [0.2, 0.25) is 0 Å². The number of benzene rings is 1. The van der Waals surface area contributed by atoms with E-state index in [1.807, 2.05) is 16.9 Å². The van der Waals surface area contributed by atoms with Crippen molar-refractivity contribution in [1.29, 1.82) is 0 Å². The molecule has 0 bridgehead atoms. The first-order valence-corrected chi connectivity index (χ1v) is 6.61. The van der Waals surface area contributed by atoms with E-state index in [4.69, 9.17) is 5.73 Å². The van der Waals surface area contributed by atoms with Crippen LogP contribution in [0.2, 0.25) is 0 Å². The summed E-state index contributed by atoms with van der Waals surface area (Å²) in [5.41, 5.74) is 8.68. The SMILES string of the molecule is CCCn1cc(C(N)CCc2ccccc2)cn1. The maximum absolute atomic E-state index is 6.20. The number of hydrogen-bond acceptors (Lipinski definition) is 2. The van der Waals surface area contributed by atoms with Gasteiger partial charge in [0, 0.05) is 24.3 Å². The molecule has 0 aliphatic carbocycles. The normalized spacial score (nSPS) is 12.6. The molecule has 3 heteroatoms. The Kier molecular flexibility index (Phi) is 4.53. The minimum Gasteiger partial charge on any atom is -0.324 e. The highest BCUT2D eigenvalue weighted by atomic mass is 15.3. The molecule has 96 valence electrons. The van der Waals surface area contributed by atoms with Crippen LogP contribution in [-0.4, -0.2) is 9.78 Å². The van der Waals surface area contributed by atoms with Crippen LogP contribution >= 0.6 is 0 Å². The zero-order valence-electron chi connectivity index (χ0n) is 10.9. The Labute approximate surface area is 109 Å². The van der Waals surface area contributed by atoms with E-state index >= 15 is 0 Å². The number of nitrogens with two attached hydrogens (primary N) is 1. The average Bonchev–Trinajstić information content (AvgIpc) is 2.86. The van der Waals surface area contributed by atoms with Crippen LogP contribution in [-0.2, 0) is 13.0 Å². The van der Waals surface area contributed by atoms with Crippen molar-refractivity contribution in [3.8, 4) is 0 Å². The molecule has 1 unspecified atom stereocenters. The van der Waals surface area contributed by atoms with E-state index < -0.39 is 0 Å². The smallest absolute Gasteiger partial charge is 0.0537 e. The number of rotatable bonds is 6. The summed E-state index contributed by atoms with van der Waals surface area (Å²) < 4.78 is 1.97. The van der Waals surface area contributed by atoms with Gasteiger partial charge in [0.1, 0.15) is 0 Å². The molecule has 0 saturated heterocycles. The maximum atomic E-state index is 6.20. The molecule has 0 aliphatic rings. The summed E-state index contributed by atoms with van der Waals surface area (Å²) in [5.74, 6) is 0. The Morgan fingerprint density at radius 3 is 2.78 bits per heavy atom. The molecule has 0 aliphatic heterocycles. The van der Waals surface area contributed by atoms with Gasteiger partial charge in [-0.15, -0.1) is 0 Å². The van der Waals surface area contributed by atoms with Crippen LogP contribution in [0.3, 0.4) is 0 Å². The standard InChI is InChI=1S/C15H21N3/c1-2-10-18-12-14(11-17-18)15(16)9-8-13-6-4-3-5-7-13/h3-7,11-12,15H,2,8-10,16H2,1H3. The van der Waals surface area contributed by atoms with Crippen LogP contribution in [0.25, 0.3) is 0 Å². The Hall–Kier alpha value is -1.61. The van der Waals surface area contributed by atoms with Crippen LogP contribution in [0.1, 0.15) is 36.9 Å². The molecule has 0 fully saturated rings. The van der Waals surface area contributed by atoms with Crippen LogP contribution in [0, 0.1) is 0 Å². The van der Waals surface area contributed by atoms with Gasteiger partial charge in [-0.1, -0.05) is 37.3 Å². The average molecular weight is 243 g/mol. The maximum Gasteiger partial charge on any atom is 0.0537 e. The minimum atomic E-state index is 0.0795. The lowest BCUT2D eigenvalue weighted by Crippen LogP contribution is -2.10. The number of aromatic nitrogens is 2. The molecule has 1 atom stereocenters. The fourth-order valence-electron chi connectivity index (χ4n) is 2.06. The summed E-state index contributed by atoms with van der Waals surface area (Å²) >= 11 is 0. The van der Waals surface area contributed by atoms with Gasteiger partial charge in [-0.25, -0.2) is 0 Å². The summed E-state index contributed by atoms with van der Waals surface area (Å²) in [6.07, 6.45) is 7.04. The first-order valence-electron chi connectivity index (χ1n) is 6.61. The first-order chi connectivity index (χ1) is 8.79. The van der Waals surface area contributed by atoms with Crippen molar-refractivity contribution in [3.63, 3.8) is 0 Å². The molecular formula is C15H21N3. The summed E-state index contributed by atoms with van der Waals surface area (Å²) in [7, 11) is 0. The van der Waals surface area contributed by atoms with E-state index in [1.54, 1.807) is 0 Å². The van der Waals surface area contributed by atoms with Crippen molar-refractivity contribution in [2.45, 2.75) is 38.8 Å². The number of hydrogen-bond donors (Lipinski definition) is 1. The topological polar surface area (TPSA) is 43.8 Å². The van der Waals surface area contributed by atoms with Crippen molar-refractivity contribution in [3.05, 3.63) is 53.9 Å². The molecule has 0 saturated carbocycles. The minimum absolute atomic E-state index is 0.0795. The van der Waals surface area contributed by atoms with Crippen LogP contribution in [0.15, 0.2) is 42.7 Å². The highest BCUT2D eigenvalue weighted by Gasteiger charge is 2.08. The summed E-state index contributed by atoms with van der Waals surface area (Å²) in [4.78, 5) is 0. The molecule has 2 N–H and O–H groups in total. The second-order valence-corrected chi connectivity index (χ2v) is 4.67. The third-order valence-corrected chi connectivity index (χ3v) is 3.12.